The number of hydrogen-bond donors (Lipinski definition) is 8. The van der Waals surface area contributed by atoms with Crippen molar-refractivity contribution >= 4 is 46.8 Å². The van der Waals surface area contributed by atoms with Gasteiger partial charge in [-0.3, -0.25) is 58.0 Å². The molecule has 0 bridgehead atoms. The zero-order valence-corrected chi connectivity index (χ0v) is 90.6. The Bertz CT molecular complexity index is 4560. The maximum Gasteiger partial charge on any atom is 0.222 e. The van der Waals surface area contributed by atoms with Crippen molar-refractivity contribution in [2.75, 3.05) is 160 Å². The molecule has 0 aromatic heterocycles. The molecule has 838 valence electrons. The summed E-state index contributed by atoms with van der Waals surface area (Å²) in [5.74, 6) is 2.46. The van der Waals surface area contributed by atoms with E-state index in [9.17, 15) is 79.2 Å². The fraction of sp³-hybridized carbons (Fsp3) is 0.719. The number of amides is 4. The first-order valence-electron chi connectivity index (χ1n) is 55.7. The molecule has 8 saturated heterocycles. The zero-order chi connectivity index (χ0) is 107. The lowest BCUT2D eigenvalue weighted by Gasteiger charge is -2.48. The number of carbonyl (C=O) groups is 8. The summed E-state index contributed by atoms with van der Waals surface area (Å²) in [6.07, 6.45) is 4.52. The van der Waals surface area contributed by atoms with Crippen LogP contribution in [0.1, 0.15) is 240 Å². The quantitative estimate of drug-likeness (QED) is 0.0195. The van der Waals surface area contributed by atoms with Gasteiger partial charge in [0.2, 0.25) is 23.6 Å². The van der Waals surface area contributed by atoms with Gasteiger partial charge in [0.1, 0.15) is 73.8 Å². The lowest BCUT2D eigenvalue weighted by atomic mass is 9.94. The molecule has 0 aliphatic carbocycles. The standard InChI is InChI=1S/C114H174N8O28/c1-11-79-33-29-35-81(107(79)143-71-87(123)41-21-13-17-25-45-91(127)115-55-63-119(64-56-115)95-99(131)75(3)147-111(139-7)103(95)135)49-51-83-37-31-39-85(109(83)145-73-89(125)43-23-15-19-27-47-93(129)117-59-67-121(68-60-117)97-101(133)77(5)149-113(141-9)105(97)137)53-54-86-40-32-38-84(110(86)146-74-90(126)44-24-16-20-28-48-94(130)118-61-69-122(70-62-118)98-102(134)78(6)150-114(142-10)106(98)138)52-50-82-36-30-34-80(12-2)108(82)144-72-88(124)42-22-14-18-26-46-92(128)116-57-65-120(66-58-116)96-100(132)76(4)148-112(140-8)104(96)136/h29-40,75-78,95-106,111-114,131-138H,11-28,41-74H2,1-10H3. The minimum atomic E-state index is -1.06. The predicted octanol–water partition coefficient (Wildman–Crippen LogP) is 7.82. The normalized spacial score (nSPS) is 26.9. The van der Waals surface area contributed by atoms with Gasteiger partial charge in [-0.15, -0.1) is 0 Å². The molecular weight excluding hydrogens is 1930 g/mol. The maximum atomic E-state index is 14.2. The first-order valence-corrected chi connectivity index (χ1v) is 55.7. The first-order chi connectivity index (χ1) is 72.5. The number of carbonyl (C=O) groups excluding carboxylic acids is 8. The van der Waals surface area contributed by atoms with Gasteiger partial charge < -0.3 is 117 Å². The van der Waals surface area contributed by atoms with E-state index in [2.05, 4.69) is 13.8 Å². The zero-order valence-electron chi connectivity index (χ0n) is 90.6. The summed E-state index contributed by atoms with van der Waals surface area (Å²) in [7, 11) is 5.85. The van der Waals surface area contributed by atoms with Crippen molar-refractivity contribution in [2.24, 2.45) is 0 Å². The summed E-state index contributed by atoms with van der Waals surface area (Å²) in [5.41, 5.74) is 7.17. The monoisotopic (exact) mass is 2100 g/mol. The number of nitrogens with zero attached hydrogens (tertiary/aromatic N) is 8. The van der Waals surface area contributed by atoms with Crippen LogP contribution in [0.5, 0.6) is 23.0 Å². The number of hydrogen-bond acceptors (Lipinski definition) is 32. The van der Waals surface area contributed by atoms with Gasteiger partial charge in [-0.05, 0) is 175 Å². The van der Waals surface area contributed by atoms with Crippen LogP contribution < -0.4 is 18.9 Å². The SMILES string of the molecule is CCc1cccc(CCc2cccc(CCc3cccc(CCc4cccc(CC)c4OCC(=O)CCCCCCC(=O)N4CCN(C5C(O)C(C)OC(OC)C5O)CC4)c3OCC(=O)CCCCCCC(=O)N3CCN(C4C(O)C(C)OC(OC)C4O)CC3)c2OCC(=O)CCCCCCC(=O)N2CCN(C3C(O)C(C)OC(OC)C3O)CC2)c1OCC(=O)CCCCCCC(=O)N1CCN(C2C(O)C(C)OC(OC)C2O)CC1. The number of ether oxygens (including phenoxy) is 12. The van der Waals surface area contributed by atoms with Crippen LogP contribution >= 0.6 is 0 Å². The number of unbranched alkanes of at least 4 members (excludes halogenated alkanes) is 12. The van der Waals surface area contributed by atoms with Crippen LogP contribution in [0.4, 0.5) is 0 Å². The third-order valence-electron chi connectivity index (χ3n) is 31.9. The molecule has 8 fully saturated rings. The summed E-state index contributed by atoms with van der Waals surface area (Å²) >= 11 is 0. The van der Waals surface area contributed by atoms with Gasteiger partial charge in [-0.1, -0.05) is 138 Å². The van der Waals surface area contributed by atoms with E-state index in [1.54, 1.807) is 27.7 Å². The topological polar surface area (TPSA) is 435 Å². The number of rotatable bonds is 59. The number of aryl methyl sites for hydroxylation is 8. The lowest BCUT2D eigenvalue weighted by molar-refractivity contribution is -0.276. The second-order valence-corrected chi connectivity index (χ2v) is 42.1. The van der Waals surface area contributed by atoms with Crippen molar-refractivity contribution in [3.05, 3.63) is 117 Å². The fourth-order valence-corrected chi connectivity index (χ4v) is 22.8. The van der Waals surface area contributed by atoms with Gasteiger partial charge in [0, 0.05) is 185 Å². The fourth-order valence-electron chi connectivity index (χ4n) is 22.8. The molecule has 4 aromatic carbocycles. The van der Waals surface area contributed by atoms with E-state index in [0.717, 1.165) is 95.9 Å². The Morgan fingerprint density at radius 2 is 0.427 bits per heavy atom. The van der Waals surface area contributed by atoms with E-state index >= 15 is 0 Å². The molecule has 4 amide bonds. The maximum absolute atomic E-state index is 14.2. The van der Waals surface area contributed by atoms with Gasteiger partial charge in [0.25, 0.3) is 0 Å². The van der Waals surface area contributed by atoms with Crippen molar-refractivity contribution in [1.82, 2.24) is 39.2 Å². The molecule has 20 atom stereocenters. The van der Waals surface area contributed by atoms with Crippen molar-refractivity contribution in [3.8, 4) is 23.0 Å². The third-order valence-corrected chi connectivity index (χ3v) is 31.9. The van der Waals surface area contributed by atoms with Crippen molar-refractivity contribution in [1.29, 1.82) is 0 Å². The Labute approximate surface area is 886 Å². The highest BCUT2D eigenvalue weighted by molar-refractivity contribution is 5.82. The van der Waals surface area contributed by atoms with Crippen LogP contribution in [0.3, 0.4) is 0 Å². The summed E-state index contributed by atoms with van der Waals surface area (Å²) in [5, 5.41) is 88.0. The van der Waals surface area contributed by atoms with E-state index in [-0.39, 0.29) is 86.0 Å². The van der Waals surface area contributed by atoms with Crippen molar-refractivity contribution < 1.29 is 136 Å². The Morgan fingerprint density at radius 3 is 0.607 bits per heavy atom. The summed E-state index contributed by atoms with van der Waals surface area (Å²) in [4.78, 5) is 125. The van der Waals surface area contributed by atoms with Crippen LogP contribution in [0.15, 0.2) is 72.8 Å². The van der Waals surface area contributed by atoms with Crippen LogP contribution in [-0.4, -0.2) is 409 Å². The molecule has 0 spiro atoms. The largest absolute Gasteiger partial charge is 0.485 e. The molecule has 8 aliphatic heterocycles. The molecular formula is C114H174N8O28. The van der Waals surface area contributed by atoms with Gasteiger partial charge in [0.05, 0.1) is 73.0 Å². The molecule has 8 N–H and O–H groups in total. The molecule has 36 nitrogen and oxygen atoms in total. The lowest BCUT2D eigenvalue weighted by Crippen LogP contribution is -2.66. The van der Waals surface area contributed by atoms with Crippen LogP contribution in [-0.2, 0) is 128 Å². The highest BCUT2D eigenvalue weighted by Crippen LogP contribution is 2.38. The Balaban J connectivity index is 0.680. The van der Waals surface area contributed by atoms with Crippen molar-refractivity contribution in [3.63, 3.8) is 0 Å². The van der Waals surface area contributed by atoms with E-state index in [4.69, 9.17) is 56.8 Å². The molecule has 150 heavy (non-hydrogen) atoms. The highest BCUT2D eigenvalue weighted by Gasteiger charge is 2.52. The van der Waals surface area contributed by atoms with Crippen molar-refractivity contribution in [2.45, 2.75) is 370 Å². The van der Waals surface area contributed by atoms with E-state index in [0.29, 0.717) is 269 Å². The molecule has 36 heteroatoms. The predicted molar refractivity (Wildman–Crippen MR) is 561 cm³/mol. The molecule has 4 aromatic rings. The van der Waals surface area contributed by atoms with Crippen LogP contribution in [0.2, 0.25) is 0 Å². The number of aliphatic hydroxyl groups excluding tert-OH is 8. The Morgan fingerprint density at radius 1 is 0.253 bits per heavy atom. The number of aliphatic hydroxyl groups is 8. The van der Waals surface area contributed by atoms with Crippen LogP contribution in [0, 0.1) is 0 Å². The first kappa shape index (κ1) is 120. The second-order valence-electron chi connectivity index (χ2n) is 42.1. The van der Waals surface area contributed by atoms with E-state index < -0.39 is 123 Å². The summed E-state index contributed by atoms with van der Waals surface area (Å²) in [6.45, 7) is 18.2. The third kappa shape index (κ3) is 33.7. The Kier molecular flexibility index (Phi) is 49.3. The average molecular weight is 2100 g/mol. The molecule has 0 saturated carbocycles. The van der Waals surface area contributed by atoms with E-state index in [1.165, 1.54) is 28.4 Å². The minimum absolute atomic E-state index is 0.0320. The summed E-state index contributed by atoms with van der Waals surface area (Å²) in [6, 6.07) is 21.8. The number of para-hydroxylation sites is 4. The van der Waals surface area contributed by atoms with Crippen LogP contribution in [0.25, 0.3) is 0 Å². The molecule has 8 aliphatic rings. The molecule has 20 unspecified atom stereocenters. The second kappa shape index (κ2) is 61.4. The summed E-state index contributed by atoms with van der Waals surface area (Å²) < 4.78 is 70.8. The van der Waals surface area contributed by atoms with E-state index in [1.807, 2.05) is 112 Å². The Hall–Kier alpha value is -8.16. The molecule has 8 heterocycles. The number of ketones is 4. The number of methoxy groups -OCH3 is 4. The molecule has 12 rings (SSSR count). The minimum Gasteiger partial charge on any atom is -0.485 e. The molecule has 0 radical (unpaired) electrons. The van der Waals surface area contributed by atoms with Gasteiger partial charge in [-0.25, -0.2) is 0 Å². The number of Topliss-reactive ketones (excluding diaryl/α,β-unsaturated/α-hetero) is 4. The smallest absolute Gasteiger partial charge is 0.222 e. The number of benzene rings is 4. The number of piperazine rings is 4. The van der Waals surface area contributed by atoms with Gasteiger partial charge >= 0.3 is 0 Å². The average Bonchev–Trinajstić information content (AvgIpc) is 0.796. The highest BCUT2D eigenvalue weighted by atomic mass is 16.7. The van der Waals surface area contributed by atoms with Gasteiger partial charge in [-0.2, -0.15) is 0 Å². The van der Waals surface area contributed by atoms with Gasteiger partial charge in [0.15, 0.2) is 48.3 Å².